The molecular formula is C14H13NO3. The summed E-state index contributed by atoms with van der Waals surface area (Å²) in [6, 6.07) is 15.4. The van der Waals surface area contributed by atoms with Gasteiger partial charge in [-0.25, -0.2) is 4.79 Å². The normalized spacial score (nSPS) is 10.0. The van der Waals surface area contributed by atoms with E-state index in [0.717, 1.165) is 5.56 Å². The van der Waals surface area contributed by atoms with Crippen molar-refractivity contribution in [1.82, 2.24) is 0 Å². The van der Waals surface area contributed by atoms with Crippen LogP contribution >= 0.6 is 0 Å². The minimum atomic E-state index is -1.02. The number of rotatable bonds is 3. The summed E-state index contributed by atoms with van der Waals surface area (Å²) in [5, 5.41) is 18.4. The lowest BCUT2D eigenvalue weighted by atomic mass is 10.2. The van der Waals surface area contributed by atoms with Crippen molar-refractivity contribution in [2.45, 2.75) is 6.54 Å². The summed E-state index contributed by atoms with van der Waals surface area (Å²) in [5.41, 5.74) is 1.44. The van der Waals surface area contributed by atoms with Gasteiger partial charge in [0.25, 0.3) is 0 Å². The van der Waals surface area contributed by atoms with Crippen LogP contribution in [0.15, 0.2) is 54.6 Å². The van der Waals surface area contributed by atoms with Crippen molar-refractivity contribution in [3.05, 3.63) is 60.2 Å². The summed E-state index contributed by atoms with van der Waals surface area (Å²) < 4.78 is 0. The zero-order valence-corrected chi connectivity index (χ0v) is 9.65. The van der Waals surface area contributed by atoms with Gasteiger partial charge in [-0.05, 0) is 29.8 Å². The van der Waals surface area contributed by atoms with Crippen LogP contribution in [0.3, 0.4) is 0 Å². The van der Waals surface area contributed by atoms with E-state index in [-0.39, 0.29) is 12.3 Å². The topological polar surface area (TPSA) is 60.8 Å². The maximum absolute atomic E-state index is 11.3. The predicted octanol–water partition coefficient (Wildman–Crippen LogP) is 3.08. The number of hydrogen-bond donors (Lipinski definition) is 2. The van der Waals surface area contributed by atoms with Crippen LogP contribution in [-0.4, -0.2) is 16.3 Å². The van der Waals surface area contributed by atoms with Crippen molar-refractivity contribution < 1.29 is 15.0 Å². The van der Waals surface area contributed by atoms with Crippen molar-refractivity contribution in [3.8, 4) is 5.75 Å². The second kappa shape index (κ2) is 5.23. The minimum absolute atomic E-state index is 0.115. The quantitative estimate of drug-likeness (QED) is 0.870. The average Bonchev–Trinajstić information content (AvgIpc) is 2.38. The maximum atomic E-state index is 11.3. The Morgan fingerprint density at radius 1 is 1.00 bits per heavy atom. The summed E-state index contributed by atoms with van der Waals surface area (Å²) in [6.45, 7) is 0.279. The van der Waals surface area contributed by atoms with Gasteiger partial charge in [0, 0.05) is 5.69 Å². The summed E-state index contributed by atoms with van der Waals surface area (Å²) in [4.78, 5) is 12.5. The van der Waals surface area contributed by atoms with Crippen molar-refractivity contribution >= 4 is 11.8 Å². The van der Waals surface area contributed by atoms with E-state index in [1.54, 1.807) is 12.1 Å². The van der Waals surface area contributed by atoms with Crippen molar-refractivity contribution in [3.63, 3.8) is 0 Å². The molecule has 0 unspecified atom stereocenters. The molecule has 0 aliphatic carbocycles. The van der Waals surface area contributed by atoms with Crippen LogP contribution < -0.4 is 4.90 Å². The smallest absolute Gasteiger partial charge is 0.412 e. The molecular weight excluding hydrogens is 230 g/mol. The van der Waals surface area contributed by atoms with Gasteiger partial charge in [0.15, 0.2) is 0 Å². The highest BCUT2D eigenvalue weighted by Crippen LogP contribution is 2.20. The van der Waals surface area contributed by atoms with E-state index in [0.29, 0.717) is 5.69 Å². The molecule has 2 N–H and O–H groups in total. The van der Waals surface area contributed by atoms with Gasteiger partial charge in [-0.1, -0.05) is 30.3 Å². The van der Waals surface area contributed by atoms with Crippen LogP contribution in [0.4, 0.5) is 10.5 Å². The van der Waals surface area contributed by atoms with Crippen LogP contribution in [-0.2, 0) is 6.54 Å². The first kappa shape index (κ1) is 12.0. The van der Waals surface area contributed by atoms with Gasteiger partial charge in [-0.2, -0.15) is 0 Å². The first-order chi connectivity index (χ1) is 8.66. The fourth-order valence-corrected chi connectivity index (χ4v) is 1.67. The number of carboxylic acid groups (broad SMARTS) is 1. The molecule has 2 aromatic rings. The van der Waals surface area contributed by atoms with Gasteiger partial charge in [0.2, 0.25) is 0 Å². The largest absolute Gasteiger partial charge is 0.508 e. The highest BCUT2D eigenvalue weighted by molar-refractivity contribution is 5.85. The molecule has 4 nitrogen and oxygen atoms in total. The van der Waals surface area contributed by atoms with E-state index in [4.69, 9.17) is 0 Å². The molecule has 0 saturated carbocycles. The molecule has 0 aliphatic rings. The fraction of sp³-hybridized carbons (Fsp3) is 0.0714. The lowest BCUT2D eigenvalue weighted by Gasteiger charge is -2.19. The number of nitrogens with zero attached hydrogens (tertiary/aromatic N) is 1. The second-order valence-corrected chi connectivity index (χ2v) is 3.87. The van der Waals surface area contributed by atoms with Crippen molar-refractivity contribution in [2.75, 3.05) is 4.90 Å². The standard InChI is InChI=1S/C14H13NO3/c16-13-8-6-12(7-9-13)15(14(17)18)10-11-4-2-1-3-5-11/h1-9,16H,10H2,(H,17,18). The van der Waals surface area contributed by atoms with E-state index in [1.165, 1.54) is 17.0 Å². The zero-order chi connectivity index (χ0) is 13.0. The van der Waals surface area contributed by atoms with Gasteiger partial charge < -0.3 is 10.2 Å². The van der Waals surface area contributed by atoms with E-state index in [1.807, 2.05) is 30.3 Å². The number of aromatic hydroxyl groups is 1. The molecule has 1 amide bonds. The summed E-state index contributed by atoms with van der Waals surface area (Å²) in [7, 11) is 0. The number of carbonyl (C=O) groups is 1. The molecule has 0 bridgehead atoms. The van der Waals surface area contributed by atoms with Gasteiger partial charge in [-0.15, -0.1) is 0 Å². The van der Waals surface area contributed by atoms with E-state index in [9.17, 15) is 15.0 Å². The van der Waals surface area contributed by atoms with Crippen LogP contribution in [0, 0.1) is 0 Å². The molecule has 18 heavy (non-hydrogen) atoms. The SMILES string of the molecule is O=C(O)N(Cc1ccccc1)c1ccc(O)cc1. The van der Waals surface area contributed by atoms with E-state index in [2.05, 4.69) is 0 Å². The number of phenolic OH excluding ortho intramolecular Hbond substituents is 1. The fourth-order valence-electron chi connectivity index (χ4n) is 1.67. The molecule has 4 heteroatoms. The third-order valence-electron chi connectivity index (χ3n) is 2.58. The Bertz CT molecular complexity index is 522. The maximum Gasteiger partial charge on any atom is 0.412 e. The molecule has 0 saturated heterocycles. The Labute approximate surface area is 105 Å². The molecule has 0 spiro atoms. The lowest BCUT2D eigenvalue weighted by molar-refractivity contribution is 0.201. The third kappa shape index (κ3) is 2.79. The van der Waals surface area contributed by atoms with Gasteiger partial charge in [0.05, 0.1) is 6.54 Å². The number of amides is 1. The average molecular weight is 243 g/mol. The molecule has 92 valence electrons. The molecule has 0 fully saturated rings. The van der Waals surface area contributed by atoms with E-state index < -0.39 is 6.09 Å². The van der Waals surface area contributed by atoms with Crippen LogP contribution in [0.25, 0.3) is 0 Å². The van der Waals surface area contributed by atoms with Crippen LogP contribution in [0.1, 0.15) is 5.56 Å². The first-order valence-corrected chi connectivity index (χ1v) is 5.50. The summed E-state index contributed by atoms with van der Waals surface area (Å²) in [6.07, 6.45) is -1.02. The number of anilines is 1. The Hall–Kier alpha value is -2.49. The van der Waals surface area contributed by atoms with Gasteiger partial charge >= 0.3 is 6.09 Å². The number of hydrogen-bond acceptors (Lipinski definition) is 2. The second-order valence-electron chi connectivity index (χ2n) is 3.87. The first-order valence-electron chi connectivity index (χ1n) is 5.50. The molecule has 2 aromatic carbocycles. The molecule has 0 atom stereocenters. The monoisotopic (exact) mass is 243 g/mol. The lowest BCUT2D eigenvalue weighted by Crippen LogP contribution is -2.28. The zero-order valence-electron chi connectivity index (χ0n) is 9.65. The Morgan fingerprint density at radius 3 is 2.17 bits per heavy atom. The summed E-state index contributed by atoms with van der Waals surface area (Å²) in [5.74, 6) is 0.115. The summed E-state index contributed by atoms with van der Waals surface area (Å²) >= 11 is 0. The van der Waals surface area contributed by atoms with Crippen LogP contribution in [0.5, 0.6) is 5.75 Å². The number of phenols is 1. The Kier molecular flexibility index (Phi) is 3.48. The molecule has 0 aromatic heterocycles. The minimum Gasteiger partial charge on any atom is -0.508 e. The van der Waals surface area contributed by atoms with Gasteiger partial charge in [-0.3, -0.25) is 4.90 Å². The highest BCUT2D eigenvalue weighted by atomic mass is 16.4. The van der Waals surface area contributed by atoms with Crippen LogP contribution in [0.2, 0.25) is 0 Å². The Balaban J connectivity index is 2.24. The van der Waals surface area contributed by atoms with Crippen molar-refractivity contribution in [1.29, 1.82) is 0 Å². The number of benzene rings is 2. The molecule has 0 heterocycles. The third-order valence-corrected chi connectivity index (χ3v) is 2.58. The Morgan fingerprint density at radius 2 is 1.61 bits per heavy atom. The molecule has 0 aliphatic heterocycles. The highest BCUT2D eigenvalue weighted by Gasteiger charge is 2.14. The van der Waals surface area contributed by atoms with E-state index >= 15 is 0 Å². The molecule has 0 radical (unpaired) electrons. The van der Waals surface area contributed by atoms with Gasteiger partial charge in [0.1, 0.15) is 5.75 Å². The molecule has 2 rings (SSSR count). The predicted molar refractivity (Wildman–Crippen MR) is 68.8 cm³/mol. The van der Waals surface area contributed by atoms with Crippen molar-refractivity contribution in [2.24, 2.45) is 0 Å².